The first kappa shape index (κ1) is 16.6. The number of aromatic nitrogens is 1. The van der Waals surface area contributed by atoms with E-state index < -0.39 is 12.0 Å². The maximum absolute atomic E-state index is 12.2. The van der Waals surface area contributed by atoms with E-state index in [4.69, 9.17) is 5.11 Å². The van der Waals surface area contributed by atoms with E-state index in [1.54, 1.807) is 11.8 Å². The number of rotatable bonds is 7. The molecule has 1 aromatic rings. The largest absolute Gasteiger partial charge is 0.480 e. The molecule has 0 radical (unpaired) electrons. The number of amides is 1. The molecule has 1 heterocycles. The van der Waals surface area contributed by atoms with E-state index in [0.29, 0.717) is 11.7 Å². The van der Waals surface area contributed by atoms with Gasteiger partial charge in [0.25, 0.3) is 0 Å². The summed E-state index contributed by atoms with van der Waals surface area (Å²) in [6.45, 7) is 7.92. The van der Waals surface area contributed by atoms with Gasteiger partial charge in [0.15, 0.2) is 5.13 Å². The van der Waals surface area contributed by atoms with Gasteiger partial charge in [0.05, 0.1) is 18.3 Å². The summed E-state index contributed by atoms with van der Waals surface area (Å²) in [6.07, 6.45) is 0.792. The highest BCUT2D eigenvalue weighted by atomic mass is 32.1. The zero-order valence-electron chi connectivity index (χ0n) is 12.3. The minimum absolute atomic E-state index is 0.141. The second kappa shape index (κ2) is 7.35. The fraction of sp³-hybridized carbons (Fsp3) is 0.615. The van der Waals surface area contributed by atoms with Gasteiger partial charge in [-0.2, -0.15) is 0 Å². The SMILES string of the molecule is CCCN(CC(=O)O)C(C)C(=O)Nc1nc(C)c(C)s1. The van der Waals surface area contributed by atoms with Crippen molar-refractivity contribution in [3.05, 3.63) is 10.6 Å². The lowest BCUT2D eigenvalue weighted by molar-refractivity contribution is -0.139. The van der Waals surface area contributed by atoms with Gasteiger partial charge in [-0.15, -0.1) is 11.3 Å². The number of carboxylic acid groups (broad SMARTS) is 1. The first-order valence-corrected chi connectivity index (χ1v) is 7.37. The minimum atomic E-state index is -0.931. The summed E-state index contributed by atoms with van der Waals surface area (Å²) < 4.78 is 0. The van der Waals surface area contributed by atoms with Crippen molar-refractivity contribution in [3.63, 3.8) is 0 Å². The number of carboxylic acids is 1. The lowest BCUT2D eigenvalue weighted by atomic mass is 10.2. The average Bonchev–Trinajstić information content (AvgIpc) is 2.66. The van der Waals surface area contributed by atoms with E-state index in [1.165, 1.54) is 11.3 Å². The molecule has 112 valence electrons. The van der Waals surface area contributed by atoms with E-state index in [2.05, 4.69) is 10.3 Å². The third-order valence-corrected chi connectivity index (χ3v) is 4.02. The van der Waals surface area contributed by atoms with Gasteiger partial charge in [-0.1, -0.05) is 6.92 Å². The summed E-state index contributed by atoms with van der Waals surface area (Å²) in [4.78, 5) is 29.9. The molecule has 0 aliphatic rings. The molecular formula is C13H21N3O3S. The topological polar surface area (TPSA) is 82.5 Å². The van der Waals surface area contributed by atoms with Gasteiger partial charge in [0, 0.05) is 4.88 Å². The Labute approximate surface area is 122 Å². The van der Waals surface area contributed by atoms with Gasteiger partial charge < -0.3 is 10.4 Å². The highest BCUT2D eigenvalue weighted by Gasteiger charge is 2.23. The van der Waals surface area contributed by atoms with Crippen molar-refractivity contribution in [2.45, 2.75) is 40.2 Å². The maximum atomic E-state index is 12.2. The Morgan fingerprint density at radius 3 is 2.55 bits per heavy atom. The predicted octanol–water partition coefficient (Wildman–Crippen LogP) is 1.88. The van der Waals surface area contributed by atoms with Crippen molar-refractivity contribution in [2.24, 2.45) is 0 Å². The van der Waals surface area contributed by atoms with E-state index in [9.17, 15) is 9.59 Å². The summed E-state index contributed by atoms with van der Waals surface area (Å²) in [5.41, 5.74) is 0.897. The molecule has 1 aromatic heterocycles. The molecule has 0 spiro atoms. The number of hydrogen-bond donors (Lipinski definition) is 2. The highest BCUT2D eigenvalue weighted by Crippen LogP contribution is 2.21. The summed E-state index contributed by atoms with van der Waals surface area (Å²) in [6, 6.07) is -0.504. The highest BCUT2D eigenvalue weighted by molar-refractivity contribution is 7.15. The van der Waals surface area contributed by atoms with E-state index >= 15 is 0 Å². The van der Waals surface area contributed by atoms with Crippen molar-refractivity contribution in [2.75, 3.05) is 18.4 Å². The van der Waals surface area contributed by atoms with Crippen LogP contribution in [0.25, 0.3) is 0 Å². The van der Waals surface area contributed by atoms with Gasteiger partial charge in [0.2, 0.25) is 5.91 Å². The Balaban J connectivity index is 2.70. The zero-order valence-corrected chi connectivity index (χ0v) is 13.1. The van der Waals surface area contributed by atoms with Crippen molar-refractivity contribution in [1.82, 2.24) is 9.88 Å². The molecule has 2 N–H and O–H groups in total. The minimum Gasteiger partial charge on any atom is -0.480 e. The third kappa shape index (κ3) is 4.57. The molecule has 1 atom stereocenters. The van der Waals surface area contributed by atoms with Crippen LogP contribution in [0.4, 0.5) is 5.13 Å². The van der Waals surface area contributed by atoms with E-state index in [0.717, 1.165) is 17.0 Å². The van der Waals surface area contributed by atoms with Gasteiger partial charge >= 0.3 is 5.97 Å². The first-order chi connectivity index (χ1) is 9.35. The molecule has 0 saturated carbocycles. The fourth-order valence-electron chi connectivity index (χ4n) is 1.77. The Hall–Kier alpha value is -1.47. The van der Waals surface area contributed by atoms with Crippen molar-refractivity contribution >= 4 is 28.3 Å². The standard InChI is InChI=1S/C13H21N3O3S/c1-5-6-16(7-11(17)18)9(3)12(19)15-13-14-8(2)10(4)20-13/h9H,5-7H2,1-4H3,(H,17,18)(H,14,15,19). The van der Waals surface area contributed by atoms with E-state index in [1.807, 2.05) is 20.8 Å². The second-order valence-electron chi connectivity index (χ2n) is 4.69. The second-order valence-corrected chi connectivity index (χ2v) is 5.89. The molecule has 1 rings (SSSR count). The number of carbonyl (C=O) groups is 2. The Morgan fingerprint density at radius 2 is 2.10 bits per heavy atom. The lowest BCUT2D eigenvalue weighted by Crippen LogP contribution is -2.44. The van der Waals surface area contributed by atoms with Crippen LogP contribution in [-0.2, 0) is 9.59 Å². The van der Waals surface area contributed by atoms with E-state index in [-0.39, 0.29) is 12.5 Å². The predicted molar refractivity (Wildman–Crippen MR) is 79.2 cm³/mol. The Morgan fingerprint density at radius 1 is 1.45 bits per heavy atom. The number of hydrogen-bond acceptors (Lipinski definition) is 5. The van der Waals surface area contributed by atoms with Crippen LogP contribution >= 0.6 is 11.3 Å². The summed E-state index contributed by atoms with van der Waals surface area (Å²) in [5, 5.41) is 12.2. The normalized spacial score (nSPS) is 12.4. The van der Waals surface area contributed by atoms with Gasteiger partial charge in [-0.05, 0) is 33.7 Å². The van der Waals surface area contributed by atoms with Crippen molar-refractivity contribution in [1.29, 1.82) is 0 Å². The Kier molecular flexibility index (Phi) is 6.09. The zero-order chi connectivity index (χ0) is 15.3. The first-order valence-electron chi connectivity index (χ1n) is 6.55. The molecule has 0 saturated heterocycles. The molecule has 0 aromatic carbocycles. The molecule has 0 aliphatic carbocycles. The van der Waals surface area contributed by atoms with Crippen LogP contribution in [0, 0.1) is 13.8 Å². The number of carbonyl (C=O) groups excluding carboxylic acids is 1. The van der Waals surface area contributed by atoms with Crippen LogP contribution in [0.2, 0.25) is 0 Å². The number of anilines is 1. The number of thiazole rings is 1. The van der Waals surface area contributed by atoms with Crippen molar-refractivity contribution in [3.8, 4) is 0 Å². The fourth-order valence-corrected chi connectivity index (χ4v) is 2.59. The van der Waals surface area contributed by atoms with Gasteiger partial charge in [0.1, 0.15) is 0 Å². The summed E-state index contributed by atoms with van der Waals surface area (Å²) in [5.74, 6) is -1.16. The van der Waals surface area contributed by atoms with Crippen LogP contribution in [0.3, 0.4) is 0 Å². The number of nitrogens with one attached hydrogen (secondary N) is 1. The molecule has 1 unspecified atom stereocenters. The molecule has 0 aliphatic heterocycles. The number of aliphatic carboxylic acids is 1. The third-order valence-electron chi connectivity index (χ3n) is 3.03. The van der Waals surface area contributed by atoms with Crippen LogP contribution < -0.4 is 5.32 Å². The molecule has 7 heteroatoms. The molecule has 0 bridgehead atoms. The van der Waals surface area contributed by atoms with Crippen LogP contribution in [-0.4, -0.2) is 46.0 Å². The average molecular weight is 299 g/mol. The number of aryl methyl sites for hydroxylation is 2. The monoisotopic (exact) mass is 299 g/mol. The quantitative estimate of drug-likeness (QED) is 0.803. The van der Waals surface area contributed by atoms with Gasteiger partial charge in [-0.25, -0.2) is 4.98 Å². The smallest absolute Gasteiger partial charge is 0.317 e. The Bertz CT molecular complexity index is 468. The van der Waals surface area contributed by atoms with Crippen LogP contribution in [0.5, 0.6) is 0 Å². The number of nitrogens with zero attached hydrogens (tertiary/aromatic N) is 2. The van der Waals surface area contributed by atoms with Gasteiger partial charge in [-0.3, -0.25) is 14.5 Å². The molecule has 20 heavy (non-hydrogen) atoms. The summed E-state index contributed by atoms with van der Waals surface area (Å²) in [7, 11) is 0. The van der Waals surface area contributed by atoms with Crippen LogP contribution in [0.1, 0.15) is 30.8 Å². The lowest BCUT2D eigenvalue weighted by Gasteiger charge is -2.25. The molecule has 0 fully saturated rings. The molecule has 6 nitrogen and oxygen atoms in total. The maximum Gasteiger partial charge on any atom is 0.317 e. The molecule has 1 amide bonds. The molecular weight excluding hydrogens is 278 g/mol. The van der Waals surface area contributed by atoms with Crippen molar-refractivity contribution < 1.29 is 14.7 Å². The summed E-state index contributed by atoms with van der Waals surface area (Å²) >= 11 is 1.42. The van der Waals surface area contributed by atoms with Crippen LogP contribution in [0.15, 0.2) is 0 Å².